The number of halogens is 3. The molecule has 0 amide bonds. The number of carbonyl (C=O) groups excluding carboxylic acids is 1. The number of rotatable bonds is 5. The van der Waals surface area contributed by atoms with E-state index < -0.39 is 41.4 Å². The largest absolute Gasteiger partial charge is 0.479 e. The lowest BCUT2D eigenvalue weighted by Gasteiger charge is -2.15. The third-order valence-electron chi connectivity index (χ3n) is 2.03. The summed E-state index contributed by atoms with van der Waals surface area (Å²) in [6.07, 6.45) is -2.32. The molecule has 8 heteroatoms. The van der Waals surface area contributed by atoms with Crippen LogP contribution < -0.4 is 4.74 Å². The van der Waals surface area contributed by atoms with Gasteiger partial charge in [-0.05, 0) is 12.1 Å². The van der Waals surface area contributed by atoms with Crippen LogP contribution in [0.5, 0.6) is 5.75 Å². The summed E-state index contributed by atoms with van der Waals surface area (Å²) in [5.74, 6) is -3.91. The number of hydrogen-bond acceptors (Lipinski definition) is 4. The minimum atomic E-state index is -3.40. The van der Waals surface area contributed by atoms with E-state index in [9.17, 15) is 27.9 Å². The number of carboxylic acid groups (broad SMARTS) is 1. The van der Waals surface area contributed by atoms with Gasteiger partial charge >= 0.3 is 12.6 Å². The fourth-order valence-corrected chi connectivity index (χ4v) is 1.27. The second-order valence-corrected chi connectivity index (χ2v) is 3.12. The molecule has 1 unspecified atom stereocenters. The third kappa shape index (κ3) is 2.77. The average Bonchev–Trinajstić information content (AvgIpc) is 2.28. The van der Waals surface area contributed by atoms with Gasteiger partial charge in [0.25, 0.3) is 0 Å². The van der Waals surface area contributed by atoms with Gasteiger partial charge in [0.1, 0.15) is 11.6 Å². The first-order valence-corrected chi connectivity index (χ1v) is 4.51. The van der Waals surface area contributed by atoms with Gasteiger partial charge in [0.2, 0.25) is 0 Å². The molecule has 0 saturated heterocycles. The molecular formula is C10H7F3O5. The highest BCUT2D eigenvalue weighted by Crippen LogP contribution is 2.31. The first kappa shape index (κ1) is 14.0. The fraction of sp³-hybridized carbons (Fsp3) is 0.200. The highest BCUT2D eigenvalue weighted by Gasteiger charge is 2.26. The number of aliphatic carboxylic acids is 1. The predicted molar refractivity (Wildman–Crippen MR) is 51.0 cm³/mol. The molecular weight excluding hydrogens is 257 g/mol. The Morgan fingerprint density at radius 1 is 1.39 bits per heavy atom. The van der Waals surface area contributed by atoms with Crippen molar-refractivity contribution in [3.63, 3.8) is 0 Å². The molecule has 0 aromatic heterocycles. The van der Waals surface area contributed by atoms with Crippen molar-refractivity contribution in [3.8, 4) is 5.75 Å². The van der Waals surface area contributed by atoms with Gasteiger partial charge in [0.15, 0.2) is 12.4 Å². The molecule has 18 heavy (non-hydrogen) atoms. The lowest BCUT2D eigenvalue weighted by Crippen LogP contribution is -2.15. The molecule has 0 spiro atoms. The Kier molecular flexibility index (Phi) is 4.27. The smallest absolute Gasteiger partial charge is 0.387 e. The highest BCUT2D eigenvalue weighted by atomic mass is 19.3. The van der Waals surface area contributed by atoms with Crippen LogP contribution in [-0.4, -0.2) is 29.1 Å². The standard InChI is InChI=1S/C10H7F3O5/c11-6-2-1-4(7(15)9(16)17)8(5(6)3-14)18-10(12)13/h1-3,7,10,15H,(H,16,17). The topological polar surface area (TPSA) is 83.8 Å². The second kappa shape index (κ2) is 5.50. The van der Waals surface area contributed by atoms with E-state index in [1.54, 1.807) is 0 Å². The number of aliphatic hydroxyl groups is 1. The van der Waals surface area contributed by atoms with Crippen molar-refractivity contribution in [1.82, 2.24) is 0 Å². The number of benzene rings is 1. The Balaban J connectivity index is 3.41. The van der Waals surface area contributed by atoms with Gasteiger partial charge in [-0.1, -0.05) is 0 Å². The van der Waals surface area contributed by atoms with Crippen LogP contribution in [0.15, 0.2) is 12.1 Å². The monoisotopic (exact) mass is 264 g/mol. The SMILES string of the molecule is O=Cc1c(F)ccc(C(O)C(=O)O)c1OC(F)F. The molecule has 0 aliphatic heterocycles. The van der Waals surface area contributed by atoms with Crippen LogP contribution >= 0.6 is 0 Å². The number of carboxylic acids is 1. The zero-order valence-corrected chi connectivity index (χ0v) is 8.64. The van der Waals surface area contributed by atoms with E-state index >= 15 is 0 Å². The van der Waals surface area contributed by atoms with E-state index in [1.165, 1.54) is 0 Å². The molecule has 0 radical (unpaired) electrons. The fourth-order valence-electron chi connectivity index (χ4n) is 1.27. The van der Waals surface area contributed by atoms with E-state index in [0.29, 0.717) is 6.07 Å². The van der Waals surface area contributed by atoms with E-state index in [-0.39, 0.29) is 6.29 Å². The van der Waals surface area contributed by atoms with Crippen molar-refractivity contribution < 1.29 is 37.7 Å². The van der Waals surface area contributed by atoms with Gasteiger partial charge < -0.3 is 14.9 Å². The Bertz CT molecular complexity index is 475. The number of hydrogen-bond donors (Lipinski definition) is 2. The summed E-state index contributed by atoms with van der Waals surface area (Å²) in [5.41, 5.74) is -1.51. The Morgan fingerprint density at radius 3 is 2.44 bits per heavy atom. The molecule has 98 valence electrons. The van der Waals surface area contributed by atoms with Crippen molar-refractivity contribution >= 4 is 12.3 Å². The number of carbonyl (C=O) groups is 2. The quantitative estimate of drug-likeness (QED) is 0.784. The first-order chi connectivity index (χ1) is 8.38. The number of alkyl halides is 2. The van der Waals surface area contributed by atoms with E-state index in [2.05, 4.69) is 4.74 Å². The summed E-state index contributed by atoms with van der Waals surface area (Å²) in [5, 5.41) is 17.8. The Morgan fingerprint density at radius 2 is 2.00 bits per heavy atom. The number of aldehydes is 1. The number of aliphatic hydroxyl groups excluding tert-OH is 1. The molecule has 0 bridgehead atoms. The molecule has 0 aliphatic carbocycles. The van der Waals surface area contributed by atoms with Crippen molar-refractivity contribution in [2.24, 2.45) is 0 Å². The average molecular weight is 264 g/mol. The van der Waals surface area contributed by atoms with Crippen molar-refractivity contribution in [3.05, 3.63) is 29.1 Å². The van der Waals surface area contributed by atoms with Crippen molar-refractivity contribution in [2.75, 3.05) is 0 Å². The van der Waals surface area contributed by atoms with Gasteiger partial charge in [0, 0.05) is 5.56 Å². The van der Waals surface area contributed by atoms with E-state index in [1.807, 2.05) is 0 Å². The molecule has 1 rings (SSSR count). The predicted octanol–water partition coefficient (Wildman–Crippen LogP) is 1.36. The molecule has 0 heterocycles. The zero-order chi connectivity index (χ0) is 13.9. The van der Waals surface area contributed by atoms with E-state index in [4.69, 9.17) is 5.11 Å². The maximum atomic E-state index is 13.2. The highest BCUT2D eigenvalue weighted by molar-refractivity contribution is 5.83. The van der Waals surface area contributed by atoms with Gasteiger partial charge in [-0.2, -0.15) is 8.78 Å². The normalized spacial score (nSPS) is 12.3. The molecule has 5 nitrogen and oxygen atoms in total. The molecule has 1 aromatic carbocycles. The van der Waals surface area contributed by atoms with Crippen LogP contribution in [0.2, 0.25) is 0 Å². The molecule has 0 saturated carbocycles. The summed E-state index contributed by atoms with van der Waals surface area (Å²) >= 11 is 0. The molecule has 2 N–H and O–H groups in total. The zero-order valence-electron chi connectivity index (χ0n) is 8.64. The van der Waals surface area contributed by atoms with Crippen molar-refractivity contribution in [2.45, 2.75) is 12.7 Å². The van der Waals surface area contributed by atoms with Gasteiger partial charge in [-0.3, -0.25) is 4.79 Å². The summed E-state index contributed by atoms with van der Waals surface area (Å²) < 4.78 is 41.3. The first-order valence-electron chi connectivity index (χ1n) is 4.51. The van der Waals surface area contributed by atoms with Crippen LogP contribution in [0, 0.1) is 5.82 Å². The molecule has 0 aliphatic rings. The van der Waals surface area contributed by atoms with Gasteiger partial charge in [0.05, 0.1) is 5.56 Å². The van der Waals surface area contributed by atoms with Gasteiger partial charge in [-0.25, -0.2) is 9.18 Å². The summed E-state index contributed by atoms with van der Waals surface area (Å²) in [6.45, 7) is -3.40. The maximum Gasteiger partial charge on any atom is 0.387 e. The van der Waals surface area contributed by atoms with Crippen LogP contribution in [-0.2, 0) is 4.79 Å². The Hall–Kier alpha value is -2.09. The molecule has 1 aromatic rings. The minimum absolute atomic E-state index is 0.106. The lowest BCUT2D eigenvalue weighted by molar-refractivity contribution is -0.147. The van der Waals surface area contributed by atoms with Crippen LogP contribution in [0.1, 0.15) is 22.0 Å². The van der Waals surface area contributed by atoms with Crippen LogP contribution in [0.25, 0.3) is 0 Å². The minimum Gasteiger partial charge on any atom is -0.479 e. The van der Waals surface area contributed by atoms with Crippen molar-refractivity contribution in [1.29, 1.82) is 0 Å². The van der Waals surface area contributed by atoms with Crippen LogP contribution in [0.3, 0.4) is 0 Å². The molecule has 1 atom stereocenters. The summed E-state index contributed by atoms with van der Waals surface area (Å²) in [7, 11) is 0. The maximum absolute atomic E-state index is 13.2. The summed E-state index contributed by atoms with van der Waals surface area (Å²) in [4.78, 5) is 21.1. The molecule has 0 fully saturated rings. The lowest BCUT2D eigenvalue weighted by atomic mass is 10.0. The summed E-state index contributed by atoms with van der Waals surface area (Å²) in [6, 6.07) is 1.42. The van der Waals surface area contributed by atoms with Crippen LogP contribution in [0.4, 0.5) is 13.2 Å². The van der Waals surface area contributed by atoms with E-state index in [0.717, 1.165) is 6.07 Å². The van der Waals surface area contributed by atoms with Gasteiger partial charge in [-0.15, -0.1) is 0 Å². The third-order valence-corrected chi connectivity index (χ3v) is 2.03. The Labute approximate surface area is 98.4 Å². The number of ether oxygens (including phenoxy) is 1. The second-order valence-electron chi connectivity index (χ2n) is 3.12.